The summed E-state index contributed by atoms with van der Waals surface area (Å²) in [5.41, 5.74) is 4.06. The summed E-state index contributed by atoms with van der Waals surface area (Å²) in [6, 6.07) is 7.55. The molecule has 2 aromatic rings. The quantitative estimate of drug-likeness (QED) is 0.292. The molecule has 1 aromatic carbocycles. The minimum absolute atomic E-state index is 0.168. The Morgan fingerprint density at radius 1 is 1.24 bits per heavy atom. The fourth-order valence-electron chi connectivity index (χ4n) is 4.48. The zero-order valence-corrected chi connectivity index (χ0v) is 25.6. The van der Waals surface area contributed by atoms with Crippen LogP contribution in [0.4, 0.5) is 17.5 Å². The Balaban J connectivity index is 1.59. The third-order valence-electron chi connectivity index (χ3n) is 6.63. The molecule has 2 heterocycles. The van der Waals surface area contributed by atoms with Gasteiger partial charge in [-0.3, -0.25) is 20.2 Å². The Hall–Kier alpha value is -3.52. The predicted octanol–water partition coefficient (Wildman–Crippen LogP) is 3.17. The van der Waals surface area contributed by atoms with Crippen LogP contribution in [0.25, 0.3) is 0 Å². The average molecular weight is 618 g/mol. The van der Waals surface area contributed by atoms with E-state index in [-0.39, 0.29) is 16.9 Å². The van der Waals surface area contributed by atoms with Crippen LogP contribution in [0.1, 0.15) is 34.6 Å². The molecule has 42 heavy (non-hydrogen) atoms. The molecule has 4 N–H and O–H groups in total. The number of alkyl halides is 1. The molecule has 12 nitrogen and oxygen atoms in total. The van der Waals surface area contributed by atoms with Crippen molar-refractivity contribution in [3.8, 4) is 0 Å². The van der Waals surface area contributed by atoms with Crippen molar-refractivity contribution in [1.82, 2.24) is 20.4 Å². The number of rotatable bonds is 10. The number of carbonyl (C=O) groups is 1. The second-order valence-corrected chi connectivity index (χ2v) is 13.5. The number of para-hydroxylation sites is 1. The number of hydrogen-bond donors (Lipinski definition) is 4. The number of hydrogen-bond acceptors (Lipinski definition) is 11. The van der Waals surface area contributed by atoms with E-state index in [1.54, 1.807) is 57.2 Å². The lowest BCUT2D eigenvalue weighted by Gasteiger charge is -2.38. The first-order chi connectivity index (χ1) is 19.8. The van der Waals surface area contributed by atoms with Crippen LogP contribution >= 0.6 is 11.6 Å². The SMILES string of the molecule is CC1=CC(Nc2nccc(Nc3ccccc3S(=O)(=O)C(C)C)n2)C(Cl)(OC(C)C)C=C1C(O)C(=O)N1CCN=CN1. The van der Waals surface area contributed by atoms with Crippen molar-refractivity contribution in [3.63, 3.8) is 0 Å². The van der Waals surface area contributed by atoms with Crippen LogP contribution in [0.2, 0.25) is 0 Å². The summed E-state index contributed by atoms with van der Waals surface area (Å²) in [5.74, 6) is 0.00749. The summed E-state index contributed by atoms with van der Waals surface area (Å²) in [5, 5.41) is 16.5. The third kappa shape index (κ3) is 6.92. The van der Waals surface area contributed by atoms with Gasteiger partial charge in [-0.25, -0.2) is 13.4 Å². The summed E-state index contributed by atoms with van der Waals surface area (Å²) < 4.78 is 31.9. The molecule has 0 fully saturated rings. The van der Waals surface area contributed by atoms with Crippen LogP contribution in [0, 0.1) is 0 Å². The first-order valence-electron chi connectivity index (χ1n) is 13.5. The van der Waals surface area contributed by atoms with Gasteiger partial charge in [0.1, 0.15) is 12.2 Å². The lowest BCUT2D eigenvalue weighted by Crippen LogP contribution is -2.52. The minimum atomic E-state index is -3.55. The molecule has 0 saturated carbocycles. The number of aromatic nitrogens is 2. The molecule has 0 spiro atoms. The van der Waals surface area contributed by atoms with Crippen LogP contribution in [-0.4, -0.2) is 82.4 Å². The topological polar surface area (TPSA) is 158 Å². The maximum atomic E-state index is 13.0. The van der Waals surface area contributed by atoms with Crippen LogP contribution in [0.3, 0.4) is 0 Å². The van der Waals surface area contributed by atoms with Crippen LogP contribution in [-0.2, 0) is 19.4 Å². The van der Waals surface area contributed by atoms with Gasteiger partial charge in [-0.2, -0.15) is 4.98 Å². The second kappa shape index (κ2) is 12.8. The van der Waals surface area contributed by atoms with Gasteiger partial charge < -0.3 is 20.5 Å². The van der Waals surface area contributed by atoms with Crippen molar-refractivity contribution >= 4 is 51.1 Å². The molecule has 1 aromatic heterocycles. The summed E-state index contributed by atoms with van der Waals surface area (Å²) in [4.78, 5) is 26.0. The van der Waals surface area contributed by atoms with Gasteiger partial charge in [0.15, 0.2) is 21.0 Å². The highest BCUT2D eigenvalue weighted by atomic mass is 35.5. The number of anilines is 3. The number of aliphatic imine (C=N–C) groups is 1. The van der Waals surface area contributed by atoms with E-state index in [2.05, 4.69) is 31.0 Å². The van der Waals surface area contributed by atoms with E-state index in [1.165, 1.54) is 23.6 Å². The Morgan fingerprint density at radius 2 is 1.98 bits per heavy atom. The van der Waals surface area contributed by atoms with Gasteiger partial charge in [-0.1, -0.05) is 29.8 Å². The second-order valence-electron chi connectivity index (χ2n) is 10.5. The summed E-state index contributed by atoms with van der Waals surface area (Å²) >= 11 is 7.03. The molecule has 3 atom stereocenters. The molecule has 2 aliphatic rings. The van der Waals surface area contributed by atoms with Gasteiger partial charge in [0.25, 0.3) is 5.91 Å². The molecular formula is C28H36ClN7O5S. The van der Waals surface area contributed by atoms with Gasteiger partial charge in [-0.05, 0) is 70.0 Å². The molecular weight excluding hydrogens is 582 g/mol. The van der Waals surface area contributed by atoms with Crippen molar-refractivity contribution in [2.75, 3.05) is 23.7 Å². The number of aliphatic hydroxyl groups is 1. The largest absolute Gasteiger partial charge is 0.378 e. The number of nitrogens with one attached hydrogen (secondary N) is 3. The molecule has 1 aliphatic carbocycles. The van der Waals surface area contributed by atoms with Crippen molar-refractivity contribution in [1.29, 1.82) is 0 Å². The lowest BCUT2D eigenvalue weighted by molar-refractivity contribution is -0.140. The average Bonchev–Trinajstić information content (AvgIpc) is 2.94. The number of hydrazine groups is 1. The third-order valence-corrected chi connectivity index (χ3v) is 9.28. The molecule has 226 valence electrons. The Morgan fingerprint density at radius 3 is 2.64 bits per heavy atom. The molecule has 0 radical (unpaired) electrons. The zero-order valence-electron chi connectivity index (χ0n) is 24.1. The zero-order chi connectivity index (χ0) is 30.7. The number of carbonyl (C=O) groups excluding carboxylic acids is 1. The lowest BCUT2D eigenvalue weighted by atomic mass is 9.89. The Labute approximate surface area is 250 Å². The first-order valence-corrected chi connectivity index (χ1v) is 15.5. The number of ether oxygens (including phenoxy) is 1. The molecule has 0 saturated heterocycles. The van der Waals surface area contributed by atoms with E-state index in [9.17, 15) is 18.3 Å². The van der Waals surface area contributed by atoms with Gasteiger partial charge in [0.05, 0.1) is 41.1 Å². The van der Waals surface area contributed by atoms with Crippen LogP contribution in [0.5, 0.6) is 0 Å². The molecule has 3 unspecified atom stereocenters. The number of benzene rings is 1. The summed E-state index contributed by atoms with van der Waals surface area (Å²) in [6.07, 6.45) is 4.43. The van der Waals surface area contributed by atoms with Gasteiger partial charge >= 0.3 is 0 Å². The maximum absolute atomic E-state index is 13.0. The number of sulfone groups is 1. The number of halogens is 1. The Kier molecular flexibility index (Phi) is 9.56. The van der Waals surface area contributed by atoms with Crippen molar-refractivity contribution in [2.24, 2.45) is 4.99 Å². The Bertz CT molecular complexity index is 1510. The standard InChI is InChI=1S/C28H36ClN7O5S/c1-17(2)41-28(29)15-20(25(37)26(38)36-13-12-30-16-32-36)19(5)14-23(28)34-27-31-11-10-24(35-27)33-21-8-6-7-9-22(21)42(39,40)18(3)4/h6-11,14-18,23,25,37H,12-13H2,1-5H3,(H,30,32)(H2,31,33,34,35). The van der Waals surface area contributed by atoms with Crippen molar-refractivity contribution < 1.29 is 23.1 Å². The fourth-order valence-corrected chi connectivity index (χ4v) is 6.09. The highest BCUT2D eigenvalue weighted by molar-refractivity contribution is 7.92. The molecule has 14 heteroatoms. The summed E-state index contributed by atoms with van der Waals surface area (Å²) in [6.45, 7) is 9.41. The van der Waals surface area contributed by atoms with Gasteiger partial charge in [-0.15, -0.1) is 0 Å². The van der Waals surface area contributed by atoms with E-state index in [1.807, 2.05) is 13.8 Å². The van der Waals surface area contributed by atoms with Crippen LogP contribution in [0.15, 0.2) is 69.7 Å². The monoisotopic (exact) mass is 617 g/mol. The number of aliphatic hydroxyl groups excluding tert-OH is 1. The number of amides is 1. The normalized spacial score (nSPS) is 21.5. The van der Waals surface area contributed by atoms with E-state index in [0.717, 1.165) is 0 Å². The minimum Gasteiger partial charge on any atom is -0.378 e. The van der Waals surface area contributed by atoms with E-state index in [0.29, 0.717) is 35.7 Å². The van der Waals surface area contributed by atoms with Crippen molar-refractivity contribution in [2.45, 2.75) is 68.1 Å². The highest BCUT2D eigenvalue weighted by Gasteiger charge is 2.42. The molecule has 1 aliphatic heterocycles. The van der Waals surface area contributed by atoms with E-state index in [4.69, 9.17) is 16.3 Å². The van der Waals surface area contributed by atoms with Crippen LogP contribution < -0.4 is 16.1 Å². The van der Waals surface area contributed by atoms with E-state index < -0.39 is 38.2 Å². The predicted molar refractivity (Wildman–Crippen MR) is 162 cm³/mol. The number of nitrogens with zero attached hydrogens (tertiary/aromatic N) is 4. The maximum Gasteiger partial charge on any atom is 0.274 e. The molecule has 0 bridgehead atoms. The first kappa shape index (κ1) is 31.4. The molecule has 1 amide bonds. The van der Waals surface area contributed by atoms with Crippen molar-refractivity contribution in [3.05, 3.63) is 59.8 Å². The van der Waals surface area contributed by atoms with Gasteiger partial charge in [0, 0.05) is 6.20 Å². The fraction of sp³-hybridized carbons (Fsp3) is 0.429. The molecule has 4 rings (SSSR count). The van der Waals surface area contributed by atoms with E-state index >= 15 is 0 Å². The summed E-state index contributed by atoms with van der Waals surface area (Å²) in [7, 11) is -3.55. The van der Waals surface area contributed by atoms with Gasteiger partial charge in [0.2, 0.25) is 5.95 Å². The highest BCUT2D eigenvalue weighted by Crippen LogP contribution is 2.37. The smallest absolute Gasteiger partial charge is 0.274 e.